The van der Waals surface area contributed by atoms with Gasteiger partial charge >= 0.3 is 5.97 Å². The molecule has 0 radical (unpaired) electrons. The third-order valence-corrected chi connectivity index (χ3v) is 2.59. The summed E-state index contributed by atoms with van der Waals surface area (Å²) in [4.78, 5) is 10.4. The Labute approximate surface area is 109 Å². The average Bonchev–Trinajstić information content (AvgIpc) is 2.69. The van der Waals surface area contributed by atoms with Gasteiger partial charge < -0.3 is 9.84 Å². The minimum absolute atomic E-state index is 0.282. The number of carbonyl (C=O) groups is 1. The van der Waals surface area contributed by atoms with E-state index in [1.807, 2.05) is 12.1 Å². The molecule has 94 valence electrons. The van der Waals surface area contributed by atoms with Crippen LogP contribution in [0.4, 0.5) is 0 Å². The zero-order valence-electron chi connectivity index (χ0n) is 9.63. The van der Waals surface area contributed by atoms with Crippen LogP contribution in [-0.2, 0) is 11.8 Å². The molecular weight excluding hydrogens is 256 g/mol. The third-order valence-electron chi connectivity index (χ3n) is 2.34. The maximum Gasteiger partial charge on any atom is 0.341 e. The van der Waals surface area contributed by atoms with Crippen molar-refractivity contribution in [2.75, 3.05) is 6.61 Å². The number of halogens is 1. The fourth-order valence-electron chi connectivity index (χ4n) is 1.54. The summed E-state index contributed by atoms with van der Waals surface area (Å²) >= 11 is 5.82. The van der Waals surface area contributed by atoms with Gasteiger partial charge in [-0.2, -0.15) is 0 Å². The van der Waals surface area contributed by atoms with Crippen LogP contribution >= 0.6 is 11.6 Å². The summed E-state index contributed by atoms with van der Waals surface area (Å²) in [7, 11) is 1.76. The predicted octanol–water partition coefficient (Wildman–Crippen LogP) is 2.20. The van der Waals surface area contributed by atoms with E-state index in [1.165, 1.54) is 0 Å². The highest BCUT2D eigenvalue weighted by atomic mass is 35.5. The molecule has 0 saturated carbocycles. The zero-order chi connectivity index (χ0) is 13.1. The van der Waals surface area contributed by atoms with E-state index in [9.17, 15) is 4.79 Å². The topological polar surface area (TPSA) is 64.4 Å². The number of ether oxygens (including phenoxy) is 1. The van der Waals surface area contributed by atoms with E-state index in [0.29, 0.717) is 5.02 Å². The van der Waals surface area contributed by atoms with Crippen LogP contribution in [0, 0.1) is 0 Å². The molecule has 1 aromatic carbocycles. The van der Waals surface area contributed by atoms with Gasteiger partial charge in [-0.05, 0) is 12.1 Å². The van der Waals surface area contributed by atoms with Crippen LogP contribution in [0.5, 0.6) is 5.88 Å². The zero-order valence-corrected chi connectivity index (χ0v) is 10.4. The Balaban J connectivity index is 2.23. The first-order valence-electron chi connectivity index (χ1n) is 5.21. The molecule has 2 aromatic rings. The summed E-state index contributed by atoms with van der Waals surface area (Å²) < 4.78 is 6.64. The second-order valence-corrected chi connectivity index (χ2v) is 4.12. The van der Waals surface area contributed by atoms with Gasteiger partial charge in [0.05, 0.1) is 5.69 Å². The highest BCUT2D eigenvalue weighted by Crippen LogP contribution is 2.24. The standard InChI is InChI=1S/C12H11ClN2O3/c1-15-10(8-2-4-9(13)5-3-8)6-11(14-15)18-7-12(16)17/h2-6H,7H2,1H3,(H,16,17). The van der Waals surface area contributed by atoms with Crippen molar-refractivity contribution in [2.45, 2.75) is 0 Å². The van der Waals surface area contributed by atoms with E-state index in [2.05, 4.69) is 5.10 Å². The van der Waals surface area contributed by atoms with Gasteiger partial charge in [0.25, 0.3) is 0 Å². The number of nitrogens with zero attached hydrogens (tertiary/aromatic N) is 2. The SMILES string of the molecule is Cn1nc(OCC(=O)O)cc1-c1ccc(Cl)cc1. The first-order valence-corrected chi connectivity index (χ1v) is 5.58. The fraction of sp³-hybridized carbons (Fsp3) is 0.167. The van der Waals surface area contributed by atoms with Crippen LogP contribution in [0.2, 0.25) is 5.02 Å². The number of rotatable bonds is 4. The smallest absolute Gasteiger partial charge is 0.341 e. The van der Waals surface area contributed by atoms with Crippen molar-refractivity contribution in [3.63, 3.8) is 0 Å². The number of benzene rings is 1. The maximum absolute atomic E-state index is 10.4. The van der Waals surface area contributed by atoms with E-state index < -0.39 is 12.6 Å². The van der Waals surface area contributed by atoms with E-state index in [1.54, 1.807) is 29.9 Å². The van der Waals surface area contributed by atoms with Crippen molar-refractivity contribution in [1.82, 2.24) is 9.78 Å². The molecule has 0 atom stereocenters. The second kappa shape index (κ2) is 5.10. The number of hydrogen-bond acceptors (Lipinski definition) is 3. The molecule has 0 amide bonds. The van der Waals surface area contributed by atoms with Crippen molar-refractivity contribution in [1.29, 1.82) is 0 Å². The van der Waals surface area contributed by atoms with Gasteiger partial charge in [0.1, 0.15) is 0 Å². The van der Waals surface area contributed by atoms with E-state index in [4.69, 9.17) is 21.4 Å². The Morgan fingerprint density at radius 3 is 2.72 bits per heavy atom. The average molecular weight is 267 g/mol. The van der Waals surface area contributed by atoms with Crippen LogP contribution in [0.15, 0.2) is 30.3 Å². The summed E-state index contributed by atoms with van der Waals surface area (Å²) in [5, 5.41) is 13.3. The van der Waals surface area contributed by atoms with Gasteiger partial charge in [-0.15, -0.1) is 5.10 Å². The number of aromatic nitrogens is 2. The molecule has 5 nitrogen and oxygen atoms in total. The van der Waals surface area contributed by atoms with Crippen molar-refractivity contribution >= 4 is 17.6 Å². The number of aliphatic carboxylic acids is 1. The molecular formula is C12H11ClN2O3. The van der Waals surface area contributed by atoms with Gasteiger partial charge in [-0.3, -0.25) is 4.68 Å². The summed E-state index contributed by atoms with van der Waals surface area (Å²) in [6, 6.07) is 8.97. The van der Waals surface area contributed by atoms with E-state index in [0.717, 1.165) is 11.3 Å². The summed E-state index contributed by atoms with van der Waals surface area (Å²) in [6.07, 6.45) is 0. The van der Waals surface area contributed by atoms with Crippen molar-refractivity contribution in [2.24, 2.45) is 7.05 Å². The van der Waals surface area contributed by atoms with E-state index in [-0.39, 0.29) is 5.88 Å². The van der Waals surface area contributed by atoms with Gasteiger partial charge in [-0.1, -0.05) is 23.7 Å². The summed E-state index contributed by atoms with van der Waals surface area (Å²) in [6.45, 7) is -0.406. The minimum Gasteiger partial charge on any atom is -0.479 e. The lowest BCUT2D eigenvalue weighted by Crippen LogP contribution is -2.09. The van der Waals surface area contributed by atoms with Crippen LogP contribution < -0.4 is 4.74 Å². The number of aryl methyl sites for hydroxylation is 1. The van der Waals surface area contributed by atoms with Gasteiger partial charge in [0.2, 0.25) is 5.88 Å². The fourth-order valence-corrected chi connectivity index (χ4v) is 1.66. The van der Waals surface area contributed by atoms with Crippen LogP contribution in [0.1, 0.15) is 0 Å². The predicted molar refractivity (Wildman–Crippen MR) is 66.8 cm³/mol. The third kappa shape index (κ3) is 2.81. The molecule has 0 bridgehead atoms. The van der Waals surface area contributed by atoms with Crippen molar-refractivity contribution < 1.29 is 14.6 Å². The highest BCUT2D eigenvalue weighted by Gasteiger charge is 2.09. The highest BCUT2D eigenvalue weighted by molar-refractivity contribution is 6.30. The molecule has 0 aliphatic carbocycles. The lowest BCUT2D eigenvalue weighted by molar-refractivity contribution is -0.139. The van der Waals surface area contributed by atoms with Crippen molar-refractivity contribution in [3.8, 4) is 17.1 Å². The Kier molecular flexibility index (Phi) is 3.53. The Morgan fingerprint density at radius 2 is 2.11 bits per heavy atom. The summed E-state index contributed by atoms with van der Waals surface area (Å²) in [5.41, 5.74) is 1.76. The monoisotopic (exact) mass is 266 g/mol. The molecule has 0 aliphatic rings. The molecule has 1 N–H and O–H groups in total. The maximum atomic E-state index is 10.4. The largest absolute Gasteiger partial charge is 0.479 e. The van der Waals surface area contributed by atoms with E-state index >= 15 is 0 Å². The quantitative estimate of drug-likeness (QED) is 0.921. The molecule has 1 aromatic heterocycles. The molecule has 0 fully saturated rings. The van der Waals surface area contributed by atoms with Crippen molar-refractivity contribution in [3.05, 3.63) is 35.4 Å². The first kappa shape index (κ1) is 12.4. The Morgan fingerprint density at radius 1 is 1.44 bits per heavy atom. The minimum atomic E-state index is -1.03. The lowest BCUT2D eigenvalue weighted by atomic mass is 10.1. The number of carboxylic acid groups (broad SMARTS) is 1. The molecule has 2 rings (SSSR count). The number of hydrogen-bond donors (Lipinski definition) is 1. The van der Waals surface area contributed by atoms with Gasteiger partial charge in [-0.25, -0.2) is 4.79 Å². The molecule has 1 heterocycles. The second-order valence-electron chi connectivity index (χ2n) is 3.68. The Bertz CT molecular complexity index is 563. The van der Waals surface area contributed by atoms with Gasteiger partial charge in [0, 0.05) is 23.7 Å². The molecule has 0 spiro atoms. The normalized spacial score (nSPS) is 10.3. The first-order chi connectivity index (χ1) is 8.56. The molecule has 18 heavy (non-hydrogen) atoms. The Hall–Kier alpha value is -2.01. The van der Waals surface area contributed by atoms with Crippen LogP contribution in [0.25, 0.3) is 11.3 Å². The molecule has 0 saturated heterocycles. The summed E-state index contributed by atoms with van der Waals surface area (Å²) in [5.74, 6) is -0.751. The molecule has 0 aliphatic heterocycles. The molecule has 6 heteroatoms. The van der Waals surface area contributed by atoms with Crippen LogP contribution in [-0.4, -0.2) is 27.5 Å². The van der Waals surface area contributed by atoms with Gasteiger partial charge in [0.15, 0.2) is 6.61 Å². The molecule has 0 unspecified atom stereocenters. The lowest BCUT2D eigenvalue weighted by Gasteiger charge is -2.00. The number of carboxylic acids is 1. The van der Waals surface area contributed by atoms with Crippen LogP contribution in [0.3, 0.4) is 0 Å².